The van der Waals surface area contributed by atoms with Gasteiger partial charge in [0.2, 0.25) is 11.8 Å². The number of nitrogens with one attached hydrogen (secondary N) is 2. The Hall–Kier alpha value is -12.8. The minimum atomic E-state index is -1.44. The monoisotopic (exact) mass is 1570 g/mol. The van der Waals surface area contributed by atoms with Crippen molar-refractivity contribution in [3.8, 4) is 46.0 Å². The summed E-state index contributed by atoms with van der Waals surface area (Å²) >= 11 is 0. The number of hydrogen-bond donors (Lipinski definition) is 2. The average Bonchev–Trinajstić information content (AvgIpc) is 1.67. The third-order valence-corrected chi connectivity index (χ3v) is 23.1. The molecule has 2 N–H and O–H groups in total. The normalized spacial score (nSPS) is 14.1. The van der Waals surface area contributed by atoms with Crippen LogP contribution in [0.1, 0.15) is 186 Å². The average molecular weight is 1570 g/mol. The molecule has 6 amide bonds. The van der Waals surface area contributed by atoms with E-state index >= 15 is 28.8 Å². The number of carbonyl (C=O) groups is 6. The number of amides is 6. The molecule has 2 aliphatic heterocycles. The third-order valence-electron chi connectivity index (χ3n) is 23.1. The fourth-order valence-corrected chi connectivity index (χ4v) is 16.7. The van der Waals surface area contributed by atoms with Crippen LogP contribution in [0.15, 0.2) is 215 Å². The van der Waals surface area contributed by atoms with Crippen molar-refractivity contribution >= 4 is 122 Å². The Labute approximate surface area is 685 Å². The second-order valence-corrected chi connectivity index (χ2v) is 36.7. The molecule has 16 nitrogen and oxygen atoms in total. The number of hydrogen-bond acceptors (Lipinski definition) is 12. The quantitative estimate of drug-likeness (QED) is 0.0417. The number of furan rings is 2. The molecule has 118 heavy (non-hydrogen) atoms. The number of nitrogens with zero attached hydrogens (tertiary/aromatic N) is 2. The fourth-order valence-electron chi connectivity index (χ4n) is 16.7. The molecule has 0 saturated carbocycles. The molecule has 4 heterocycles. The van der Waals surface area contributed by atoms with Gasteiger partial charge in [-0.25, -0.2) is 0 Å². The van der Waals surface area contributed by atoms with Crippen LogP contribution in [0.25, 0.3) is 87.0 Å². The Morgan fingerprint density at radius 1 is 0.322 bits per heavy atom. The molecule has 2 aliphatic rings. The van der Waals surface area contributed by atoms with Crippen LogP contribution in [0.3, 0.4) is 0 Å². The summed E-state index contributed by atoms with van der Waals surface area (Å²) in [5.41, 5.74) is 6.78. The molecule has 2 aromatic heterocycles. The third kappa shape index (κ3) is 14.0. The SMILES string of the molecule is CC(C)CNC(=O)C(Cc1ccc2c(c1)oc1ccccc12)N1C(=O)c2cc(Oc3ccc(C(C)(C)C)cc3)c3c4c(Oc5ccc(C(C)(C)C)cc5)cc5c6c(cc(Oc7ccc(C(C)(C)C)cc7)c(c7c(Oc8ccc(C(C)(C)C)cc8)cc(c2c37)C1=O)c64)C(=O)N(C(Cc1ccc2c(c1)oc1ccccc12)C(=O)NCC(C)C)C5=O. The zero-order valence-corrected chi connectivity index (χ0v) is 69.6. The summed E-state index contributed by atoms with van der Waals surface area (Å²) in [5, 5.41) is 12.0. The molecular formula is C102H96N4O12. The second kappa shape index (κ2) is 29.1. The van der Waals surface area contributed by atoms with Crippen LogP contribution < -0.4 is 29.6 Å². The predicted octanol–water partition coefficient (Wildman–Crippen LogP) is 23.9. The lowest BCUT2D eigenvalue weighted by Crippen LogP contribution is -2.55. The van der Waals surface area contributed by atoms with E-state index in [0.29, 0.717) is 88.8 Å². The summed E-state index contributed by atoms with van der Waals surface area (Å²) in [6.45, 7) is 33.8. The maximum absolute atomic E-state index is 16.9. The molecule has 0 aliphatic carbocycles. The van der Waals surface area contributed by atoms with Gasteiger partial charge in [-0.15, -0.1) is 0 Å². The van der Waals surface area contributed by atoms with E-state index in [1.54, 1.807) is 24.3 Å². The number of fused-ring (bicyclic) bond motifs is 8. The molecule has 596 valence electrons. The first-order valence-electron chi connectivity index (χ1n) is 40.7. The van der Waals surface area contributed by atoms with E-state index in [9.17, 15) is 0 Å². The van der Waals surface area contributed by atoms with Gasteiger partial charge in [0.1, 0.15) is 80.4 Å². The maximum atomic E-state index is 16.9. The Balaban J connectivity index is 0.991. The van der Waals surface area contributed by atoms with Crippen LogP contribution >= 0.6 is 0 Å². The summed E-state index contributed by atoms with van der Waals surface area (Å²) in [5.74, 6) is -2.42. The van der Waals surface area contributed by atoms with Gasteiger partial charge in [0.05, 0.1) is 22.3 Å². The molecule has 13 aromatic carbocycles. The number of ether oxygens (including phenoxy) is 4. The van der Waals surface area contributed by atoms with Gasteiger partial charge in [-0.3, -0.25) is 38.6 Å². The van der Waals surface area contributed by atoms with Gasteiger partial charge in [-0.05, 0) is 164 Å². The number of benzene rings is 13. The molecule has 17 rings (SSSR count). The van der Waals surface area contributed by atoms with Gasteiger partial charge in [-0.2, -0.15) is 0 Å². The van der Waals surface area contributed by atoms with Crippen molar-refractivity contribution in [2.75, 3.05) is 13.1 Å². The zero-order valence-electron chi connectivity index (χ0n) is 69.6. The molecule has 16 heteroatoms. The highest BCUT2D eigenvalue weighted by atomic mass is 16.5. The van der Waals surface area contributed by atoms with Gasteiger partial charge in [-0.1, -0.05) is 220 Å². The topological polar surface area (TPSA) is 196 Å². The van der Waals surface area contributed by atoms with E-state index in [1.165, 1.54) is 0 Å². The van der Waals surface area contributed by atoms with E-state index in [2.05, 4.69) is 93.7 Å². The minimum absolute atomic E-state index is 0.0125. The van der Waals surface area contributed by atoms with Gasteiger partial charge >= 0.3 is 0 Å². The first-order valence-corrected chi connectivity index (χ1v) is 40.7. The van der Waals surface area contributed by atoms with Crippen molar-refractivity contribution in [1.82, 2.24) is 20.4 Å². The Morgan fingerprint density at radius 2 is 0.585 bits per heavy atom. The minimum Gasteiger partial charge on any atom is -0.457 e. The standard InChI is InChI=1S/C102H96N4O12/c1-55(2)53-103-93(107)75(45-57-25-43-69-67-21-17-19-23-77(67)117-79(69)47-57)105-95(109)71-49-81(113-63-35-27-59(28-36-63)99(5,6)7)87-89-83(115-65-39-31-61(32-40-65)101(11,12)13)51-73-86-74(98(112)106(97(73)111)76(94(108)104-54-56(3)4)46-58-26-44-70-68-22-18-20-24-78(68)118-80(70)48-58)52-84(116-66-41-33-62(34-42-66)102(14,15)16)90(92(86)89)88-82(50-72(96(105)110)85(71)91(87)88)114-64-37-29-60(30-38-64)100(8,9)10/h17-44,47-52,55-56,75-76H,45-46,53-54H2,1-16H3,(H,103,107)(H,104,108). The molecule has 2 unspecified atom stereocenters. The highest BCUT2D eigenvalue weighted by Gasteiger charge is 2.47. The van der Waals surface area contributed by atoms with Crippen LogP contribution in [-0.2, 0) is 44.1 Å². The van der Waals surface area contributed by atoms with Crippen LogP contribution in [-0.4, -0.2) is 70.4 Å². The van der Waals surface area contributed by atoms with Crippen molar-refractivity contribution < 1.29 is 56.5 Å². The van der Waals surface area contributed by atoms with E-state index in [0.717, 1.165) is 53.6 Å². The zero-order chi connectivity index (χ0) is 83.1. The van der Waals surface area contributed by atoms with Crippen molar-refractivity contribution in [3.05, 3.63) is 262 Å². The first kappa shape index (κ1) is 77.7. The number of para-hydroxylation sites is 2. The Bertz CT molecular complexity index is 5970. The molecule has 15 aromatic rings. The van der Waals surface area contributed by atoms with Crippen molar-refractivity contribution in [2.24, 2.45) is 11.8 Å². The van der Waals surface area contributed by atoms with Crippen LogP contribution in [0, 0.1) is 11.8 Å². The molecule has 0 radical (unpaired) electrons. The summed E-state index contributed by atoms with van der Waals surface area (Å²) in [7, 11) is 0. The van der Waals surface area contributed by atoms with Crippen LogP contribution in [0.5, 0.6) is 46.0 Å². The Kier molecular flexibility index (Phi) is 19.2. The van der Waals surface area contributed by atoms with E-state index < -0.39 is 47.5 Å². The Morgan fingerprint density at radius 3 is 0.847 bits per heavy atom. The van der Waals surface area contributed by atoms with Gasteiger partial charge in [0, 0.05) is 90.6 Å². The van der Waals surface area contributed by atoms with Crippen molar-refractivity contribution in [1.29, 1.82) is 0 Å². The van der Waals surface area contributed by atoms with Gasteiger partial charge in [0.25, 0.3) is 23.6 Å². The van der Waals surface area contributed by atoms with E-state index in [-0.39, 0.29) is 115 Å². The highest BCUT2D eigenvalue weighted by molar-refractivity contribution is 6.45. The summed E-state index contributed by atoms with van der Waals surface area (Å²) in [4.78, 5) is 101. The molecule has 0 fully saturated rings. The summed E-state index contributed by atoms with van der Waals surface area (Å²) in [6.07, 6.45) is -0.219. The lowest BCUT2D eigenvalue weighted by Gasteiger charge is -2.36. The molecule has 0 spiro atoms. The number of imide groups is 2. The predicted molar refractivity (Wildman–Crippen MR) is 468 cm³/mol. The lowest BCUT2D eigenvalue weighted by molar-refractivity contribution is -0.125. The second-order valence-electron chi connectivity index (χ2n) is 36.7. The first-order chi connectivity index (χ1) is 56.1. The number of rotatable bonds is 20. The smallest absolute Gasteiger partial charge is 0.262 e. The van der Waals surface area contributed by atoms with Crippen molar-refractivity contribution in [3.63, 3.8) is 0 Å². The van der Waals surface area contributed by atoms with Gasteiger partial charge in [0.15, 0.2) is 0 Å². The fraction of sp³-hybridized carbons (Fsp3) is 0.275. The molecule has 0 saturated heterocycles. The summed E-state index contributed by atoms with van der Waals surface area (Å²) in [6, 6.07) is 61.4. The van der Waals surface area contributed by atoms with Crippen molar-refractivity contribution in [2.45, 2.75) is 157 Å². The lowest BCUT2D eigenvalue weighted by atomic mass is 9.80. The van der Waals surface area contributed by atoms with Crippen LogP contribution in [0.2, 0.25) is 0 Å². The largest absolute Gasteiger partial charge is 0.457 e. The van der Waals surface area contributed by atoms with Crippen LogP contribution in [0.4, 0.5) is 0 Å². The van der Waals surface area contributed by atoms with E-state index in [4.69, 9.17) is 27.8 Å². The highest BCUT2D eigenvalue weighted by Crippen LogP contribution is 2.59. The molecular weight excluding hydrogens is 1470 g/mol. The van der Waals surface area contributed by atoms with Gasteiger partial charge < -0.3 is 38.4 Å². The summed E-state index contributed by atoms with van der Waals surface area (Å²) < 4.78 is 42.8. The number of carbonyl (C=O) groups excluding carboxylic acids is 6. The molecule has 2 atom stereocenters. The van der Waals surface area contributed by atoms with E-state index in [1.807, 2.05) is 210 Å². The maximum Gasteiger partial charge on any atom is 0.262 e. The molecule has 0 bridgehead atoms.